The van der Waals surface area contributed by atoms with Gasteiger partial charge in [-0.05, 0) is 18.9 Å². The van der Waals surface area contributed by atoms with Crippen molar-refractivity contribution in [1.29, 1.82) is 0 Å². The molecule has 0 aromatic heterocycles. The number of hydrogen-bond donors (Lipinski definition) is 0. The van der Waals surface area contributed by atoms with Gasteiger partial charge in [-0.2, -0.15) is 0 Å². The maximum absolute atomic E-state index is 11.4. The van der Waals surface area contributed by atoms with E-state index in [1.54, 1.807) is 4.90 Å². The highest BCUT2D eigenvalue weighted by Crippen LogP contribution is 2.20. The molecule has 4 nitrogen and oxygen atoms in total. The fraction of sp³-hybridized carbons (Fsp3) is 0.727. The predicted molar refractivity (Wildman–Crippen MR) is 55.5 cm³/mol. The van der Waals surface area contributed by atoms with Crippen LogP contribution < -0.4 is 0 Å². The molecule has 2 heterocycles. The third kappa shape index (κ3) is 2.38. The van der Waals surface area contributed by atoms with E-state index in [1.807, 2.05) is 0 Å². The van der Waals surface area contributed by atoms with Gasteiger partial charge in [0.15, 0.2) is 0 Å². The molecule has 0 spiro atoms. The molecule has 15 heavy (non-hydrogen) atoms. The summed E-state index contributed by atoms with van der Waals surface area (Å²) in [6.07, 6.45) is 3.72. The van der Waals surface area contributed by atoms with E-state index in [4.69, 9.17) is 9.47 Å². The van der Waals surface area contributed by atoms with Crippen LogP contribution in [-0.4, -0.2) is 49.3 Å². The molecule has 0 saturated carbocycles. The van der Waals surface area contributed by atoms with Crippen molar-refractivity contribution >= 4 is 5.91 Å². The number of carbonyl (C=O) groups is 1. The summed E-state index contributed by atoms with van der Waals surface area (Å²) in [5.74, 6) is -0.0127. The van der Waals surface area contributed by atoms with Gasteiger partial charge in [0, 0.05) is 19.7 Å². The second kappa shape index (κ2) is 4.77. The van der Waals surface area contributed by atoms with Crippen molar-refractivity contribution in [1.82, 2.24) is 4.90 Å². The lowest BCUT2D eigenvalue weighted by atomic mass is 10.1. The number of nitrogens with zero attached hydrogens (tertiary/aromatic N) is 1. The molecule has 2 atom stereocenters. The van der Waals surface area contributed by atoms with E-state index in [9.17, 15) is 4.79 Å². The molecular formula is C11H17NO3. The summed E-state index contributed by atoms with van der Waals surface area (Å²) >= 11 is 0. The molecular weight excluding hydrogens is 194 g/mol. The molecule has 0 bridgehead atoms. The maximum atomic E-state index is 11.4. The Morgan fingerprint density at radius 1 is 1.33 bits per heavy atom. The van der Waals surface area contributed by atoms with Gasteiger partial charge in [0.05, 0.1) is 12.7 Å². The first-order valence-electron chi connectivity index (χ1n) is 5.46. The molecule has 0 N–H and O–H groups in total. The largest absolute Gasteiger partial charge is 0.375 e. The first kappa shape index (κ1) is 10.6. The van der Waals surface area contributed by atoms with Gasteiger partial charge >= 0.3 is 0 Å². The van der Waals surface area contributed by atoms with Crippen LogP contribution in [0.4, 0.5) is 0 Å². The second-order valence-corrected chi connectivity index (χ2v) is 3.95. The van der Waals surface area contributed by atoms with E-state index in [0.717, 1.165) is 19.4 Å². The average Bonchev–Trinajstić information content (AvgIpc) is 2.82. The zero-order valence-corrected chi connectivity index (χ0v) is 8.85. The molecule has 0 aromatic carbocycles. The highest BCUT2D eigenvalue weighted by atomic mass is 16.5. The number of carbonyl (C=O) groups excluding carboxylic acids is 1. The van der Waals surface area contributed by atoms with Crippen molar-refractivity contribution in [2.75, 3.05) is 26.3 Å². The summed E-state index contributed by atoms with van der Waals surface area (Å²) in [6, 6.07) is 0. The number of rotatable bonds is 2. The number of hydrogen-bond acceptors (Lipinski definition) is 3. The average molecular weight is 211 g/mol. The smallest absolute Gasteiger partial charge is 0.246 e. The SMILES string of the molecule is C=CC(=O)N1CCOC(C2CCCO2)C1. The van der Waals surface area contributed by atoms with Crippen LogP contribution in [0.25, 0.3) is 0 Å². The molecule has 0 radical (unpaired) electrons. The molecule has 2 rings (SSSR count). The van der Waals surface area contributed by atoms with E-state index in [1.165, 1.54) is 6.08 Å². The summed E-state index contributed by atoms with van der Waals surface area (Å²) < 4.78 is 11.2. The quantitative estimate of drug-likeness (QED) is 0.627. The van der Waals surface area contributed by atoms with E-state index in [-0.39, 0.29) is 18.1 Å². The van der Waals surface area contributed by atoms with Crippen LogP contribution >= 0.6 is 0 Å². The standard InChI is InChI=1S/C11H17NO3/c1-2-11(13)12-5-7-15-10(8-12)9-4-3-6-14-9/h2,9-10H,1,3-8H2. The van der Waals surface area contributed by atoms with Crippen molar-refractivity contribution in [2.45, 2.75) is 25.0 Å². The fourth-order valence-electron chi connectivity index (χ4n) is 2.13. The summed E-state index contributed by atoms with van der Waals surface area (Å²) in [6.45, 7) is 6.21. The van der Waals surface area contributed by atoms with Crippen molar-refractivity contribution in [3.05, 3.63) is 12.7 Å². The van der Waals surface area contributed by atoms with E-state index < -0.39 is 0 Å². The third-order valence-electron chi connectivity index (χ3n) is 2.96. The van der Waals surface area contributed by atoms with Gasteiger partial charge in [-0.25, -0.2) is 0 Å². The second-order valence-electron chi connectivity index (χ2n) is 3.95. The van der Waals surface area contributed by atoms with Crippen LogP contribution in [0.15, 0.2) is 12.7 Å². The van der Waals surface area contributed by atoms with Crippen molar-refractivity contribution in [3.8, 4) is 0 Å². The zero-order chi connectivity index (χ0) is 10.7. The van der Waals surface area contributed by atoms with Crippen LogP contribution in [0.5, 0.6) is 0 Å². The predicted octanol–water partition coefficient (Wildman–Crippen LogP) is 0.579. The van der Waals surface area contributed by atoms with E-state index in [0.29, 0.717) is 19.7 Å². The van der Waals surface area contributed by atoms with E-state index in [2.05, 4.69) is 6.58 Å². The molecule has 2 saturated heterocycles. The topological polar surface area (TPSA) is 38.8 Å². The lowest BCUT2D eigenvalue weighted by Gasteiger charge is -2.34. The molecule has 1 amide bonds. The molecule has 2 aliphatic heterocycles. The molecule has 4 heteroatoms. The first-order valence-corrected chi connectivity index (χ1v) is 5.46. The Morgan fingerprint density at radius 3 is 2.80 bits per heavy atom. The van der Waals surface area contributed by atoms with Crippen molar-refractivity contribution < 1.29 is 14.3 Å². The molecule has 2 aliphatic rings. The summed E-state index contributed by atoms with van der Waals surface area (Å²) in [5, 5.41) is 0. The Morgan fingerprint density at radius 2 is 2.13 bits per heavy atom. The highest BCUT2D eigenvalue weighted by Gasteiger charge is 2.32. The van der Waals surface area contributed by atoms with Gasteiger partial charge in [0.2, 0.25) is 5.91 Å². The van der Waals surface area contributed by atoms with Gasteiger partial charge in [0.1, 0.15) is 6.10 Å². The normalized spacial score (nSPS) is 31.6. The zero-order valence-electron chi connectivity index (χ0n) is 8.85. The minimum absolute atomic E-state index is 0.0127. The number of morpholine rings is 1. The van der Waals surface area contributed by atoms with Crippen molar-refractivity contribution in [3.63, 3.8) is 0 Å². The van der Waals surface area contributed by atoms with Crippen LogP contribution in [0.2, 0.25) is 0 Å². The van der Waals surface area contributed by atoms with Gasteiger partial charge < -0.3 is 14.4 Å². The Kier molecular flexibility index (Phi) is 3.38. The molecule has 0 aromatic rings. The van der Waals surface area contributed by atoms with Crippen LogP contribution in [0.3, 0.4) is 0 Å². The minimum atomic E-state index is -0.0127. The molecule has 84 valence electrons. The molecule has 2 unspecified atom stereocenters. The number of amides is 1. The van der Waals surface area contributed by atoms with Gasteiger partial charge in [-0.1, -0.05) is 6.58 Å². The van der Waals surface area contributed by atoms with E-state index >= 15 is 0 Å². The third-order valence-corrected chi connectivity index (χ3v) is 2.96. The van der Waals surface area contributed by atoms with Crippen molar-refractivity contribution in [2.24, 2.45) is 0 Å². The highest BCUT2D eigenvalue weighted by molar-refractivity contribution is 5.87. The van der Waals surface area contributed by atoms with Crippen LogP contribution in [0, 0.1) is 0 Å². The number of ether oxygens (including phenoxy) is 2. The van der Waals surface area contributed by atoms with Crippen LogP contribution in [0.1, 0.15) is 12.8 Å². The lowest BCUT2D eigenvalue weighted by Crippen LogP contribution is -2.49. The summed E-state index contributed by atoms with van der Waals surface area (Å²) in [7, 11) is 0. The molecule has 2 fully saturated rings. The van der Waals surface area contributed by atoms with Gasteiger partial charge in [-0.15, -0.1) is 0 Å². The Balaban J connectivity index is 1.91. The Labute approximate surface area is 89.8 Å². The summed E-state index contributed by atoms with van der Waals surface area (Å²) in [4.78, 5) is 13.2. The first-order chi connectivity index (χ1) is 7.31. The molecule has 0 aliphatic carbocycles. The Hall–Kier alpha value is -0.870. The lowest BCUT2D eigenvalue weighted by molar-refractivity contribution is -0.139. The Bertz CT molecular complexity index is 248. The fourth-order valence-corrected chi connectivity index (χ4v) is 2.13. The maximum Gasteiger partial charge on any atom is 0.246 e. The van der Waals surface area contributed by atoms with Gasteiger partial charge in [0.25, 0.3) is 0 Å². The minimum Gasteiger partial charge on any atom is -0.375 e. The monoisotopic (exact) mass is 211 g/mol. The van der Waals surface area contributed by atoms with Crippen LogP contribution in [-0.2, 0) is 14.3 Å². The van der Waals surface area contributed by atoms with Gasteiger partial charge in [-0.3, -0.25) is 4.79 Å². The summed E-state index contributed by atoms with van der Waals surface area (Å²) in [5.41, 5.74) is 0.